The van der Waals surface area contributed by atoms with Crippen LogP contribution in [0.5, 0.6) is 11.5 Å². The first-order chi connectivity index (χ1) is 7.77. The summed E-state index contributed by atoms with van der Waals surface area (Å²) in [5.41, 5.74) is 5.23. The van der Waals surface area contributed by atoms with E-state index in [1.54, 1.807) is 0 Å². The summed E-state index contributed by atoms with van der Waals surface area (Å²) in [5, 5.41) is 18.3. The number of alkyl halides is 3. The number of aromatic hydroxyl groups is 1. The summed E-state index contributed by atoms with van der Waals surface area (Å²) >= 11 is 0. The molecule has 0 fully saturated rings. The summed E-state index contributed by atoms with van der Waals surface area (Å²) < 4.78 is 41.4. The van der Waals surface area contributed by atoms with Gasteiger partial charge in [-0.3, -0.25) is 0 Å². The van der Waals surface area contributed by atoms with E-state index in [1.165, 1.54) is 19.2 Å². The van der Waals surface area contributed by atoms with Crippen molar-refractivity contribution in [2.24, 2.45) is 5.73 Å². The summed E-state index contributed by atoms with van der Waals surface area (Å²) in [5.74, 6) is -0.225. The van der Waals surface area contributed by atoms with Crippen molar-refractivity contribution in [3.05, 3.63) is 23.8 Å². The Morgan fingerprint density at radius 3 is 2.35 bits per heavy atom. The first-order valence-electron chi connectivity index (χ1n) is 4.64. The maximum absolute atomic E-state index is 12.2. The van der Waals surface area contributed by atoms with Crippen LogP contribution in [0.25, 0.3) is 0 Å². The second-order valence-corrected chi connectivity index (χ2v) is 3.44. The van der Waals surface area contributed by atoms with Crippen molar-refractivity contribution >= 4 is 0 Å². The second kappa shape index (κ2) is 4.80. The Morgan fingerprint density at radius 1 is 1.35 bits per heavy atom. The van der Waals surface area contributed by atoms with Crippen LogP contribution in [0.1, 0.15) is 11.6 Å². The number of rotatable bonds is 3. The summed E-state index contributed by atoms with van der Waals surface area (Å²) in [7, 11) is 1.30. The van der Waals surface area contributed by atoms with Gasteiger partial charge in [-0.25, -0.2) is 0 Å². The third-order valence-corrected chi connectivity index (χ3v) is 2.26. The normalized spacial score (nSPS) is 15.4. The molecule has 0 aliphatic heterocycles. The van der Waals surface area contributed by atoms with Crippen LogP contribution in [0.15, 0.2) is 18.2 Å². The minimum absolute atomic E-state index is 0.0341. The molecule has 1 rings (SSSR count). The maximum atomic E-state index is 12.2. The van der Waals surface area contributed by atoms with E-state index in [0.717, 1.165) is 6.07 Å². The van der Waals surface area contributed by atoms with E-state index >= 15 is 0 Å². The molecule has 0 aliphatic rings. The van der Waals surface area contributed by atoms with Gasteiger partial charge >= 0.3 is 6.18 Å². The summed E-state index contributed by atoms with van der Waals surface area (Å²) in [4.78, 5) is 0. The molecule has 7 heteroatoms. The summed E-state index contributed by atoms with van der Waals surface area (Å²) in [6.45, 7) is 0. The zero-order valence-corrected chi connectivity index (χ0v) is 8.90. The highest BCUT2D eigenvalue weighted by molar-refractivity contribution is 5.42. The van der Waals surface area contributed by atoms with Crippen LogP contribution < -0.4 is 10.5 Å². The average Bonchev–Trinajstić information content (AvgIpc) is 2.25. The molecule has 96 valence electrons. The molecule has 4 N–H and O–H groups in total. The van der Waals surface area contributed by atoms with Gasteiger partial charge in [-0.05, 0) is 17.7 Å². The predicted octanol–water partition coefficient (Wildman–Crippen LogP) is 1.32. The Morgan fingerprint density at radius 2 is 1.94 bits per heavy atom. The van der Waals surface area contributed by atoms with Crippen LogP contribution in [0.3, 0.4) is 0 Å². The molecule has 0 aliphatic carbocycles. The van der Waals surface area contributed by atoms with Gasteiger partial charge in [0.15, 0.2) is 17.6 Å². The maximum Gasteiger partial charge on any atom is 0.416 e. The third-order valence-electron chi connectivity index (χ3n) is 2.26. The number of phenolic OH excluding ortho intramolecular Hbond substituents is 1. The number of halogens is 3. The van der Waals surface area contributed by atoms with Crippen LogP contribution in [0.4, 0.5) is 13.2 Å². The SMILES string of the molecule is COc1ccc([C@@H](N)[C@@H](O)C(F)(F)F)cc1O. The summed E-state index contributed by atoms with van der Waals surface area (Å²) in [6, 6.07) is 1.89. The Kier molecular flexibility index (Phi) is 3.84. The van der Waals surface area contributed by atoms with Gasteiger partial charge in [-0.2, -0.15) is 13.2 Å². The quantitative estimate of drug-likeness (QED) is 0.757. The molecule has 2 atom stereocenters. The van der Waals surface area contributed by atoms with Gasteiger partial charge in [0.05, 0.1) is 13.2 Å². The van der Waals surface area contributed by atoms with E-state index in [9.17, 15) is 18.3 Å². The van der Waals surface area contributed by atoms with Crippen molar-refractivity contribution in [3.8, 4) is 11.5 Å². The first kappa shape index (κ1) is 13.6. The number of aliphatic hydroxyl groups is 1. The zero-order valence-electron chi connectivity index (χ0n) is 8.90. The van der Waals surface area contributed by atoms with Crippen molar-refractivity contribution in [1.82, 2.24) is 0 Å². The number of hydrogen-bond donors (Lipinski definition) is 3. The topological polar surface area (TPSA) is 75.7 Å². The molecule has 0 spiro atoms. The Labute approximate surface area is 95.4 Å². The number of ether oxygens (including phenoxy) is 1. The number of nitrogens with two attached hydrogens (primary N) is 1. The van der Waals surface area contributed by atoms with E-state index < -0.39 is 18.3 Å². The number of methoxy groups -OCH3 is 1. The molecule has 0 amide bonds. The third kappa shape index (κ3) is 3.01. The fraction of sp³-hybridized carbons (Fsp3) is 0.400. The molecule has 0 radical (unpaired) electrons. The Bertz CT molecular complexity index is 395. The molecule has 0 saturated heterocycles. The van der Waals surface area contributed by atoms with E-state index in [0.29, 0.717) is 0 Å². The molecule has 4 nitrogen and oxygen atoms in total. The van der Waals surface area contributed by atoms with Gasteiger partial charge in [0, 0.05) is 0 Å². The number of aliphatic hydroxyl groups excluding tert-OH is 1. The minimum Gasteiger partial charge on any atom is -0.504 e. The standard InChI is InChI=1S/C10H12F3NO3/c1-17-7-3-2-5(4-6(7)15)8(14)9(16)10(11,12)13/h2-4,8-9,15-16H,14H2,1H3/t8-,9-/m1/s1. The van der Waals surface area contributed by atoms with E-state index in [4.69, 9.17) is 15.6 Å². The molecule has 1 aromatic rings. The number of hydrogen-bond acceptors (Lipinski definition) is 4. The van der Waals surface area contributed by atoms with Crippen LogP contribution in [-0.4, -0.2) is 29.6 Å². The fourth-order valence-corrected chi connectivity index (χ4v) is 1.30. The molecule has 0 bridgehead atoms. The van der Waals surface area contributed by atoms with Crippen molar-refractivity contribution < 1.29 is 28.1 Å². The van der Waals surface area contributed by atoms with E-state index in [2.05, 4.69) is 0 Å². The fourth-order valence-electron chi connectivity index (χ4n) is 1.30. The van der Waals surface area contributed by atoms with Gasteiger partial charge in [-0.1, -0.05) is 6.07 Å². The molecule has 1 aromatic carbocycles. The molecular formula is C10H12F3NO3. The van der Waals surface area contributed by atoms with E-state index in [1.807, 2.05) is 0 Å². The molecule has 17 heavy (non-hydrogen) atoms. The van der Waals surface area contributed by atoms with Crippen LogP contribution in [0.2, 0.25) is 0 Å². The molecule has 0 heterocycles. The highest BCUT2D eigenvalue weighted by Gasteiger charge is 2.42. The van der Waals surface area contributed by atoms with Crippen molar-refractivity contribution in [2.45, 2.75) is 18.3 Å². The van der Waals surface area contributed by atoms with Crippen molar-refractivity contribution in [3.63, 3.8) is 0 Å². The lowest BCUT2D eigenvalue weighted by Crippen LogP contribution is -2.38. The predicted molar refractivity (Wildman–Crippen MR) is 53.6 cm³/mol. The van der Waals surface area contributed by atoms with Gasteiger partial charge in [-0.15, -0.1) is 0 Å². The van der Waals surface area contributed by atoms with Crippen molar-refractivity contribution in [1.29, 1.82) is 0 Å². The molecule has 0 unspecified atom stereocenters. The molecule has 0 aromatic heterocycles. The summed E-state index contributed by atoms with van der Waals surface area (Å²) in [6.07, 6.45) is -7.50. The zero-order chi connectivity index (χ0) is 13.2. The lowest BCUT2D eigenvalue weighted by Gasteiger charge is -2.21. The smallest absolute Gasteiger partial charge is 0.416 e. The lowest BCUT2D eigenvalue weighted by molar-refractivity contribution is -0.210. The lowest BCUT2D eigenvalue weighted by atomic mass is 10.0. The second-order valence-electron chi connectivity index (χ2n) is 3.44. The largest absolute Gasteiger partial charge is 0.504 e. The molecular weight excluding hydrogens is 239 g/mol. The van der Waals surface area contributed by atoms with Gasteiger partial charge < -0.3 is 20.7 Å². The number of phenols is 1. The Hall–Kier alpha value is -1.47. The minimum atomic E-state index is -4.81. The van der Waals surface area contributed by atoms with Crippen molar-refractivity contribution in [2.75, 3.05) is 7.11 Å². The van der Waals surface area contributed by atoms with Crippen LogP contribution >= 0.6 is 0 Å². The van der Waals surface area contributed by atoms with Gasteiger partial charge in [0.25, 0.3) is 0 Å². The monoisotopic (exact) mass is 251 g/mol. The van der Waals surface area contributed by atoms with Crippen LogP contribution in [0, 0.1) is 0 Å². The average molecular weight is 251 g/mol. The first-order valence-corrected chi connectivity index (χ1v) is 4.64. The van der Waals surface area contributed by atoms with E-state index in [-0.39, 0.29) is 17.1 Å². The Balaban J connectivity index is 2.97. The highest BCUT2D eigenvalue weighted by atomic mass is 19.4. The number of benzene rings is 1. The highest BCUT2D eigenvalue weighted by Crippen LogP contribution is 2.33. The van der Waals surface area contributed by atoms with Gasteiger partial charge in [0.1, 0.15) is 0 Å². The van der Waals surface area contributed by atoms with Gasteiger partial charge in [0.2, 0.25) is 0 Å². The van der Waals surface area contributed by atoms with Crippen LogP contribution in [-0.2, 0) is 0 Å². The molecule has 0 saturated carbocycles.